The normalized spacial score (nSPS) is 23.2. The first kappa shape index (κ1) is 18.1. The molecule has 0 unspecified atom stereocenters. The predicted octanol–water partition coefficient (Wildman–Crippen LogP) is 2.47. The topological polar surface area (TPSA) is 84.3 Å². The zero-order valence-corrected chi connectivity index (χ0v) is 16.3. The maximum atomic E-state index is 12.8. The van der Waals surface area contributed by atoms with E-state index in [-0.39, 0.29) is 36.1 Å². The molecule has 2 atom stereocenters. The summed E-state index contributed by atoms with van der Waals surface area (Å²) in [4.78, 5) is 39.4. The number of rotatable bonds is 4. The van der Waals surface area contributed by atoms with Crippen LogP contribution in [0.15, 0.2) is 30.3 Å². The summed E-state index contributed by atoms with van der Waals surface area (Å²) in [6.45, 7) is -0.223. The smallest absolute Gasteiger partial charge is 0.245 e. The van der Waals surface area contributed by atoms with Crippen LogP contribution in [0.1, 0.15) is 43.4 Å². The van der Waals surface area contributed by atoms with Crippen molar-refractivity contribution in [2.24, 2.45) is 11.8 Å². The number of hydrogen-bond donors (Lipinski definition) is 1. The highest BCUT2D eigenvalue weighted by atomic mass is 16.2. The molecule has 1 aromatic heterocycles. The number of carbonyl (C=O) groups excluding carboxylic acids is 3. The minimum absolute atomic E-state index is 0.184. The van der Waals surface area contributed by atoms with Crippen molar-refractivity contribution >= 4 is 23.5 Å². The van der Waals surface area contributed by atoms with Crippen molar-refractivity contribution in [1.82, 2.24) is 14.7 Å². The Kier molecular flexibility index (Phi) is 4.45. The number of fused-ring (bicyclic) bond motifs is 2. The molecule has 2 aromatic rings. The second kappa shape index (κ2) is 7.13. The molecule has 1 aliphatic heterocycles. The van der Waals surface area contributed by atoms with Crippen LogP contribution in [0.3, 0.4) is 0 Å². The number of aromatic nitrogens is 2. The number of nitrogens with one attached hydrogen (secondary N) is 1. The molecule has 3 aliphatic rings. The third-order valence-electron chi connectivity index (χ3n) is 6.40. The van der Waals surface area contributed by atoms with E-state index in [1.165, 1.54) is 4.90 Å². The highest BCUT2D eigenvalue weighted by Gasteiger charge is 2.48. The fourth-order valence-corrected chi connectivity index (χ4v) is 4.98. The monoisotopic (exact) mass is 392 g/mol. The van der Waals surface area contributed by atoms with Gasteiger partial charge in [0.15, 0.2) is 0 Å². The Morgan fingerprint density at radius 2 is 1.69 bits per heavy atom. The summed E-state index contributed by atoms with van der Waals surface area (Å²) in [5, 5.41) is 7.64. The van der Waals surface area contributed by atoms with Gasteiger partial charge in [0.1, 0.15) is 12.4 Å². The van der Waals surface area contributed by atoms with Crippen LogP contribution in [0.4, 0.5) is 5.82 Å². The Morgan fingerprint density at radius 3 is 2.38 bits per heavy atom. The Hall–Kier alpha value is -2.96. The van der Waals surface area contributed by atoms with Crippen LogP contribution in [-0.4, -0.2) is 38.9 Å². The average molecular weight is 392 g/mol. The van der Waals surface area contributed by atoms with Crippen LogP contribution < -0.4 is 5.32 Å². The number of nitrogens with zero attached hydrogens (tertiary/aromatic N) is 3. The summed E-state index contributed by atoms with van der Waals surface area (Å²) < 4.78 is 1.76. The standard InChI is InChI=1S/C22H24N4O3/c27-19(13-25-21(28)15-9-4-5-10-16(15)22(25)29)23-20-17-11-6-12-18(17)24-26(20)14-7-2-1-3-8-14/h1-3,7-8,15-16H,4-6,9-13H2,(H,23,27)/t15-,16-/m0/s1. The van der Waals surface area contributed by atoms with Gasteiger partial charge in [-0.05, 0) is 44.2 Å². The van der Waals surface area contributed by atoms with E-state index in [2.05, 4.69) is 10.4 Å². The minimum Gasteiger partial charge on any atom is -0.309 e. The van der Waals surface area contributed by atoms with Gasteiger partial charge in [0, 0.05) is 5.56 Å². The van der Waals surface area contributed by atoms with Gasteiger partial charge in [0.25, 0.3) is 0 Å². The van der Waals surface area contributed by atoms with Crippen LogP contribution >= 0.6 is 0 Å². The van der Waals surface area contributed by atoms with Crippen LogP contribution in [-0.2, 0) is 27.2 Å². The lowest BCUT2D eigenvalue weighted by molar-refractivity contribution is -0.142. The first-order valence-electron chi connectivity index (χ1n) is 10.4. The minimum atomic E-state index is -0.350. The number of benzene rings is 1. The number of likely N-dealkylation sites (tertiary alicyclic amines) is 1. The SMILES string of the molecule is O=C(CN1C(=O)[C@H]2CCCC[C@@H]2C1=O)Nc1c2c(nn1-c1ccccc1)CCC2. The molecule has 7 heteroatoms. The summed E-state index contributed by atoms with van der Waals surface area (Å²) in [5.41, 5.74) is 2.93. The molecular formula is C22H24N4O3. The van der Waals surface area contributed by atoms with Gasteiger partial charge in [-0.2, -0.15) is 5.10 Å². The lowest BCUT2D eigenvalue weighted by Crippen LogP contribution is -2.38. The number of hydrogen-bond acceptors (Lipinski definition) is 4. The average Bonchev–Trinajstić information content (AvgIpc) is 3.40. The lowest BCUT2D eigenvalue weighted by atomic mass is 9.81. The van der Waals surface area contributed by atoms with Gasteiger partial charge in [0.2, 0.25) is 17.7 Å². The van der Waals surface area contributed by atoms with Gasteiger partial charge in [-0.15, -0.1) is 0 Å². The van der Waals surface area contributed by atoms with Crippen molar-refractivity contribution in [3.63, 3.8) is 0 Å². The molecule has 1 saturated heterocycles. The van der Waals surface area contributed by atoms with Crippen molar-refractivity contribution in [1.29, 1.82) is 0 Å². The maximum absolute atomic E-state index is 12.8. The molecule has 1 aromatic carbocycles. The second-order valence-corrected chi connectivity index (χ2v) is 8.18. The van der Waals surface area contributed by atoms with E-state index in [1.54, 1.807) is 4.68 Å². The Labute approximate surface area is 169 Å². The number of carbonyl (C=O) groups is 3. The van der Waals surface area contributed by atoms with E-state index in [0.717, 1.165) is 61.9 Å². The van der Waals surface area contributed by atoms with Crippen molar-refractivity contribution in [3.05, 3.63) is 41.6 Å². The predicted molar refractivity (Wildman–Crippen MR) is 106 cm³/mol. The number of para-hydroxylation sites is 1. The molecule has 5 rings (SSSR count). The number of aryl methyl sites for hydroxylation is 1. The molecule has 7 nitrogen and oxygen atoms in total. The van der Waals surface area contributed by atoms with Crippen molar-refractivity contribution in [2.45, 2.75) is 44.9 Å². The number of imide groups is 1. The number of anilines is 1. The van der Waals surface area contributed by atoms with E-state index in [0.29, 0.717) is 5.82 Å². The molecular weight excluding hydrogens is 368 g/mol. The Morgan fingerprint density at radius 1 is 1.00 bits per heavy atom. The Balaban J connectivity index is 1.38. The largest absolute Gasteiger partial charge is 0.309 e. The third-order valence-corrected chi connectivity index (χ3v) is 6.40. The summed E-state index contributed by atoms with van der Waals surface area (Å²) in [6, 6.07) is 9.67. The lowest BCUT2D eigenvalue weighted by Gasteiger charge is -2.19. The summed E-state index contributed by atoms with van der Waals surface area (Å²) in [6.07, 6.45) is 6.23. The van der Waals surface area contributed by atoms with Crippen molar-refractivity contribution in [2.75, 3.05) is 11.9 Å². The highest BCUT2D eigenvalue weighted by molar-refractivity contribution is 6.08. The van der Waals surface area contributed by atoms with Gasteiger partial charge in [-0.3, -0.25) is 19.3 Å². The van der Waals surface area contributed by atoms with E-state index < -0.39 is 0 Å². The van der Waals surface area contributed by atoms with Crippen molar-refractivity contribution in [3.8, 4) is 5.69 Å². The molecule has 0 radical (unpaired) electrons. The third kappa shape index (κ3) is 3.05. The van der Waals surface area contributed by atoms with Crippen LogP contribution in [0, 0.1) is 11.8 Å². The molecule has 1 N–H and O–H groups in total. The van der Waals surface area contributed by atoms with Gasteiger partial charge >= 0.3 is 0 Å². The van der Waals surface area contributed by atoms with E-state index in [1.807, 2.05) is 30.3 Å². The molecule has 2 aliphatic carbocycles. The fourth-order valence-electron chi connectivity index (χ4n) is 4.98. The molecule has 3 amide bonds. The molecule has 2 fully saturated rings. The zero-order valence-electron chi connectivity index (χ0n) is 16.3. The molecule has 150 valence electrons. The van der Waals surface area contributed by atoms with E-state index in [4.69, 9.17) is 0 Å². The molecule has 0 bridgehead atoms. The van der Waals surface area contributed by atoms with Crippen LogP contribution in [0.2, 0.25) is 0 Å². The zero-order chi connectivity index (χ0) is 20.0. The maximum Gasteiger partial charge on any atom is 0.245 e. The highest BCUT2D eigenvalue weighted by Crippen LogP contribution is 2.38. The van der Waals surface area contributed by atoms with Gasteiger partial charge < -0.3 is 5.32 Å². The molecule has 0 spiro atoms. The van der Waals surface area contributed by atoms with Crippen LogP contribution in [0.25, 0.3) is 5.69 Å². The first-order chi connectivity index (χ1) is 14.1. The van der Waals surface area contributed by atoms with Crippen molar-refractivity contribution < 1.29 is 14.4 Å². The van der Waals surface area contributed by atoms with E-state index >= 15 is 0 Å². The van der Waals surface area contributed by atoms with Crippen LogP contribution in [0.5, 0.6) is 0 Å². The Bertz CT molecular complexity index is 957. The molecule has 2 heterocycles. The summed E-state index contributed by atoms with van der Waals surface area (Å²) >= 11 is 0. The van der Waals surface area contributed by atoms with Gasteiger partial charge in [-0.1, -0.05) is 31.0 Å². The molecule has 29 heavy (non-hydrogen) atoms. The first-order valence-corrected chi connectivity index (χ1v) is 10.4. The van der Waals surface area contributed by atoms with Gasteiger partial charge in [0.05, 0.1) is 23.2 Å². The molecule has 1 saturated carbocycles. The van der Waals surface area contributed by atoms with Gasteiger partial charge in [-0.25, -0.2) is 4.68 Å². The number of amides is 3. The van der Waals surface area contributed by atoms with E-state index in [9.17, 15) is 14.4 Å². The fraction of sp³-hybridized carbons (Fsp3) is 0.455. The second-order valence-electron chi connectivity index (χ2n) is 8.18. The summed E-state index contributed by atoms with van der Waals surface area (Å²) in [5.74, 6) is -0.526. The quantitative estimate of drug-likeness (QED) is 0.810. The summed E-state index contributed by atoms with van der Waals surface area (Å²) in [7, 11) is 0.